The van der Waals surface area contributed by atoms with Crippen LogP contribution in [0, 0.1) is 0 Å². The number of nitrogens with zero attached hydrogens (tertiary/aromatic N) is 2. The summed E-state index contributed by atoms with van der Waals surface area (Å²) in [5.41, 5.74) is 5.94. The number of benzene rings is 1. The van der Waals surface area contributed by atoms with Gasteiger partial charge in [0.15, 0.2) is 0 Å². The molecule has 0 aliphatic carbocycles. The summed E-state index contributed by atoms with van der Waals surface area (Å²) in [6.45, 7) is 2.27. The Bertz CT molecular complexity index is 718. The molecule has 5 heteroatoms. The van der Waals surface area contributed by atoms with E-state index < -0.39 is 0 Å². The quantitative estimate of drug-likeness (QED) is 0.0945. The van der Waals surface area contributed by atoms with Crippen LogP contribution in [0.5, 0.6) is 0 Å². The molecule has 0 bridgehead atoms. The van der Waals surface area contributed by atoms with Crippen molar-refractivity contribution in [2.75, 3.05) is 0 Å². The summed E-state index contributed by atoms with van der Waals surface area (Å²) in [7, 11) is 0. The minimum Gasteiger partial charge on any atom is -0.272 e. The van der Waals surface area contributed by atoms with Crippen molar-refractivity contribution >= 4 is 29.1 Å². The number of amides is 2. The molecule has 1 aliphatic rings. The van der Waals surface area contributed by atoms with E-state index in [1.165, 1.54) is 64.2 Å². The number of carbonyl (C=O) groups excluding carboxylic acids is 2. The number of alkyl halides is 1. The van der Waals surface area contributed by atoms with Crippen molar-refractivity contribution in [3.63, 3.8) is 0 Å². The molecule has 1 heterocycles. The third-order valence-electron chi connectivity index (χ3n) is 6.20. The van der Waals surface area contributed by atoms with E-state index in [1.54, 1.807) is 0 Å². The fourth-order valence-electron chi connectivity index (χ4n) is 4.17. The summed E-state index contributed by atoms with van der Waals surface area (Å²) >= 11 is 6.59. The standard InChI is InChI=1S/C28H42ClN2O2/c1-2-3-4-5-6-7-8-9-10-11-12-13-14-15-19-25(29)23-24-18-16-17-20-26(24)30-31-27(32)21-22-28(31)33/h13-14,16-18,20,25H,2-12,15,19,21-23H2,1H3. The summed E-state index contributed by atoms with van der Waals surface area (Å²) in [6.07, 6.45) is 22.4. The Balaban J connectivity index is 1.56. The van der Waals surface area contributed by atoms with Gasteiger partial charge in [-0.25, -0.2) is 0 Å². The Labute approximate surface area is 206 Å². The highest BCUT2D eigenvalue weighted by molar-refractivity contribution is 6.20. The first-order chi connectivity index (χ1) is 16.1. The van der Waals surface area contributed by atoms with Gasteiger partial charge in [-0.2, -0.15) is 10.4 Å². The molecule has 1 aromatic carbocycles. The van der Waals surface area contributed by atoms with Gasteiger partial charge in [-0.15, -0.1) is 11.6 Å². The van der Waals surface area contributed by atoms with E-state index in [1.807, 2.05) is 24.3 Å². The molecule has 0 saturated carbocycles. The van der Waals surface area contributed by atoms with Crippen molar-refractivity contribution in [3.05, 3.63) is 42.0 Å². The number of unbranched alkanes of at least 4 members (excludes halogenated alkanes) is 10. The van der Waals surface area contributed by atoms with Gasteiger partial charge in [-0.1, -0.05) is 95.1 Å². The molecule has 1 fully saturated rings. The first kappa shape index (κ1) is 27.4. The number of hydrogen-bond acceptors (Lipinski definition) is 2. The van der Waals surface area contributed by atoms with E-state index in [-0.39, 0.29) is 30.0 Å². The van der Waals surface area contributed by atoms with Crippen LogP contribution >= 0.6 is 11.6 Å². The van der Waals surface area contributed by atoms with Gasteiger partial charge in [-0.3, -0.25) is 9.59 Å². The van der Waals surface area contributed by atoms with Gasteiger partial charge in [0.05, 0.1) is 5.69 Å². The van der Waals surface area contributed by atoms with Crippen molar-refractivity contribution in [2.24, 2.45) is 0 Å². The molecule has 0 spiro atoms. The van der Waals surface area contributed by atoms with Gasteiger partial charge in [0.25, 0.3) is 0 Å². The molecule has 33 heavy (non-hydrogen) atoms. The summed E-state index contributed by atoms with van der Waals surface area (Å²) < 4.78 is 0. The largest absolute Gasteiger partial charge is 0.272 e. The monoisotopic (exact) mass is 473 g/mol. The van der Waals surface area contributed by atoms with Crippen molar-refractivity contribution in [1.29, 1.82) is 0 Å². The lowest BCUT2D eigenvalue weighted by atomic mass is 10.0. The fraction of sp³-hybridized carbons (Fsp3) is 0.643. The Hall–Kier alpha value is -1.81. The van der Waals surface area contributed by atoms with Crippen LogP contribution in [0.4, 0.5) is 5.69 Å². The highest BCUT2D eigenvalue weighted by Gasteiger charge is 2.31. The van der Waals surface area contributed by atoms with Crippen LogP contribution in [-0.2, 0) is 16.0 Å². The van der Waals surface area contributed by atoms with Crippen LogP contribution in [0.15, 0.2) is 36.4 Å². The molecule has 1 unspecified atom stereocenters. The number of imide groups is 1. The number of carbonyl (C=O) groups is 2. The van der Waals surface area contributed by atoms with E-state index in [0.717, 1.165) is 29.8 Å². The SMILES string of the molecule is CCCCCCCCCCCCC=CCCC(Cl)Cc1ccccc1[N]N1C(=O)CCC1=O. The van der Waals surface area contributed by atoms with E-state index in [0.29, 0.717) is 12.1 Å². The maximum atomic E-state index is 11.9. The summed E-state index contributed by atoms with van der Waals surface area (Å²) in [6, 6.07) is 7.62. The lowest BCUT2D eigenvalue weighted by Gasteiger charge is -2.17. The van der Waals surface area contributed by atoms with Crippen LogP contribution in [0.2, 0.25) is 0 Å². The van der Waals surface area contributed by atoms with E-state index in [2.05, 4.69) is 24.5 Å². The Morgan fingerprint density at radius 3 is 2.12 bits per heavy atom. The zero-order chi connectivity index (χ0) is 23.7. The van der Waals surface area contributed by atoms with Crippen LogP contribution in [0.1, 0.15) is 109 Å². The smallest absolute Gasteiger partial charge is 0.250 e. The normalized spacial score (nSPS) is 15.0. The molecule has 2 rings (SSSR count). The van der Waals surface area contributed by atoms with Crippen molar-refractivity contribution in [2.45, 2.75) is 115 Å². The average molecular weight is 474 g/mol. The van der Waals surface area contributed by atoms with E-state index in [9.17, 15) is 9.59 Å². The minimum atomic E-state index is -0.232. The average Bonchev–Trinajstić information content (AvgIpc) is 3.12. The molecule has 1 saturated heterocycles. The molecule has 4 nitrogen and oxygen atoms in total. The molecule has 0 aromatic heterocycles. The second-order valence-corrected chi connectivity index (χ2v) is 9.77. The van der Waals surface area contributed by atoms with Gasteiger partial charge in [0.2, 0.25) is 11.8 Å². The number of halogens is 1. The fourth-order valence-corrected chi connectivity index (χ4v) is 4.46. The molecule has 1 aliphatic heterocycles. The van der Waals surface area contributed by atoms with Crippen molar-refractivity contribution < 1.29 is 9.59 Å². The summed E-state index contributed by atoms with van der Waals surface area (Å²) in [5.74, 6) is -0.463. The molecule has 0 N–H and O–H groups in total. The molecule has 2 amide bonds. The van der Waals surface area contributed by atoms with Crippen LogP contribution in [0.3, 0.4) is 0 Å². The van der Waals surface area contributed by atoms with Crippen molar-refractivity contribution in [3.8, 4) is 0 Å². The number of hydrogen-bond donors (Lipinski definition) is 0. The predicted molar refractivity (Wildman–Crippen MR) is 138 cm³/mol. The van der Waals surface area contributed by atoms with Crippen LogP contribution in [-0.4, -0.2) is 22.2 Å². The second kappa shape index (κ2) is 16.7. The maximum Gasteiger partial charge on any atom is 0.250 e. The Morgan fingerprint density at radius 2 is 1.45 bits per heavy atom. The molecule has 1 radical (unpaired) electrons. The highest BCUT2D eigenvalue weighted by Crippen LogP contribution is 2.23. The molecular weight excluding hydrogens is 432 g/mol. The van der Waals surface area contributed by atoms with Gasteiger partial charge >= 0.3 is 0 Å². The third-order valence-corrected chi connectivity index (χ3v) is 6.58. The lowest BCUT2D eigenvalue weighted by Crippen LogP contribution is -2.34. The Morgan fingerprint density at radius 1 is 0.879 bits per heavy atom. The van der Waals surface area contributed by atoms with E-state index >= 15 is 0 Å². The summed E-state index contributed by atoms with van der Waals surface area (Å²) in [4.78, 5) is 23.7. The number of allylic oxidation sites excluding steroid dienone is 2. The first-order valence-corrected chi connectivity index (χ1v) is 13.5. The molecular formula is C28H42ClN2O2. The van der Waals surface area contributed by atoms with Crippen LogP contribution < -0.4 is 5.43 Å². The van der Waals surface area contributed by atoms with E-state index in [4.69, 9.17) is 11.6 Å². The van der Waals surface area contributed by atoms with Gasteiger partial charge < -0.3 is 0 Å². The lowest BCUT2D eigenvalue weighted by molar-refractivity contribution is -0.141. The van der Waals surface area contributed by atoms with Crippen molar-refractivity contribution in [1.82, 2.24) is 10.4 Å². The highest BCUT2D eigenvalue weighted by atomic mass is 35.5. The van der Waals surface area contributed by atoms with Gasteiger partial charge in [-0.05, 0) is 43.7 Å². The van der Waals surface area contributed by atoms with Gasteiger partial charge in [0.1, 0.15) is 0 Å². The third kappa shape index (κ3) is 11.2. The Kier molecular flexibility index (Phi) is 13.9. The zero-order valence-corrected chi connectivity index (χ0v) is 21.2. The predicted octanol–water partition coefficient (Wildman–Crippen LogP) is 7.78. The molecule has 183 valence electrons. The minimum absolute atomic E-state index is 0.00620. The summed E-state index contributed by atoms with van der Waals surface area (Å²) in [5, 5.41) is 1.01. The van der Waals surface area contributed by atoms with Gasteiger partial charge in [0, 0.05) is 18.2 Å². The molecule has 1 aromatic rings. The topological polar surface area (TPSA) is 51.5 Å². The maximum absolute atomic E-state index is 11.9. The number of rotatable bonds is 18. The second-order valence-electron chi connectivity index (χ2n) is 9.15. The molecule has 1 atom stereocenters. The van der Waals surface area contributed by atoms with Crippen LogP contribution in [0.25, 0.3) is 0 Å². The first-order valence-electron chi connectivity index (χ1n) is 13.1. The zero-order valence-electron chi connectivity index (χ0n) is 20.4.